The van der Waals surface area contributed by atoms with Crippen LogP contribution in [0.5, 0.6) is 0 Å². The van der Waals surface area contributed by atoms with Crippen molar-refractivity contribution in [2.45, 2.75) is 31.3 Å². The van der Waals surface area contributed by atoms with Gasteiger partial charge in [-0.2, -0.15) is 0 Å². The van der Waals surface area contributed by atoms with Gasteiger partial charge >= 0.3 is 0 Å². The van der Waals surface area contributed by atoms with Gasteiger partial charge in [0.05, 0.1) is 5.56 Å². The summed E-state index contributed by atoms with van der Waals surface area (Å²) in [5.41, 5.74) is 0.708. The summed E-state index contributed by atoms with van der Waals surface area (Å²) in [7, 11) is 0. The summed E-state index contributed by atoms with van der Waals surface area (Å²) in [5.74, 6) is 0.0260. The van der Waals surface area contributed by atoms with E-state index in [4.69, 9.17) is 0 Å². The van der Waals surface area contributed by atoms with E-state index in [0.29, 0.717) is 17.6 Å². The van der Waals surface area contributed by atoms with Crippen molar-refractivity contribution < 1.29 is 4.79 Å². The number of nitrogens with zero attached hydrogens (tertiary/aromatic N) is 1. The lowest BCUT2D eigenvalue weighted by Gasteiger charge is -2.21. The molecule has 2 aliphatic rings. The normalized spacial score (nSPS) is 26.4. The number of halogens is 2. The van der Waals surface area contributed by atoms with Crippen LogP contribution in [-0.2, 0) is 0 Å². The number of nitrogens with one attached hydrogen (secondary N) is 1. The van der Waals surface area contributed by atoms with Gasteiger partial charge in [0.15, 0.2) is 0 Å². The van der Waals surface area contributed by atoms with Crippen LogP contribution in [0.15, 0.2) is 27.1 Å². The number of amides is 1. The van der Waals surface area contributed by atoms with Gasteiger partial charge in [0.1, 0.15) is 0 Å². The van der Waals surface area contributed by atoms with Crippen LogP contribution in [0.3, 0.4) is 0 Å². The highest BCUT2D eigenvalue weighted by Crippen LogP contribution is 2.28. The van der Waals surface area contributed by atoms with E-state index < -0.39 is 0 Å². The molecular formula is C14H16Br2N2O. The molecule has 3 nitrogen and oxygen atoms in total. The van der Waals surface area contributed by atoms with Crippen LogP contribution < -0.4 is 5.32 Å². The van der Waals surface area contributed by atoms with Crippen molar-refractivity contribution in [2.24, 2.45) is 0 Å². The fraction of sp³-hybridized carbons (Fsp3) is 0.500. The maximum atomic E-state index is 12.3. The predicted molar refractivity (Wildman–Crippen MR) is 82.3 cm³/mol. The Kier molecular flexibility index (Phi) is 3.96. The zero-order valence-corrected chi connectivity index (χ0v) is 13.7. The van der Waals surface area contributed by atoms with Crippen molar-refractivity contribution in [1.82, 2.24) is 10.2 Å². The lowest BCUT2D eigenvalue weighted by molar-refractivity contribution is 0.0928. The van der Waals surface area contributed by atoms with Crippen LogP contribution in [0.4, 0.5) is 0 Å². The summed E-state index contributed by atoms with van der Waals surface area (Å²) in [4.78, 5) is 14.8. The fourth-order valence-corrected chi connectivity index (χ4v) is 4.40. The third-order valence-corrected chi connectivity index (χ3v) is 5.25. The molecule has 2 unspecified atom stereocenters. The van der Waals surface area contributed by atoms with Crippen LogP contribution in [0, 0.1) is 0 Å². The second-order valence-electron chi connectivity index (χ2n) is 5.24. The van der Waals surface area contributed by atoms with Crippen LogP contribution in [0.25, 0.3) is 0 Å². The number of benzene rings is 1. The zero-order valence-electron chi connectivity index (χ0n) is 10.5. The van der Waals surface area contributed by atoms with Gasteiger partial charge in [-0.05, 0) is 59.9 Å². The van der Waals surface area contributed by atoms with Gasteiger partial charge in [0.2, 0.25) is 0 Å². The van der Waals surface area contributed by atoms with Crippen molar-refractivity contribution in [3.8, 4) is 0 Å². The number of rotatable bonds is 2. The zero-order chi connectivity index (χ0) is 13.4. The van der Waals surface area contributed by atoms with Crippen molar-refractivity contribution in [3.05, 3.63) is 32.7 Å². The number of carbonyl (C=O) groups excluding carboxylic acids is 1. The first kappa shape index (κ1) is 13.6. The van der Waals surface area contributed by atoms with E-state index in [-0.39, 0.29) is 5.91 Å². The highest BCUT2D eigenvalue weighted by molar-refractivity contribution is 9.11. The quantitative estimate of drug-likeness (QED) is 0.845. The molecule has 0 aromatic heterocycles. The molecule has 2 heterocycles. The summed E-state index contributed by atoms with van der Waals surface area (Å²) < 4.78 is 1.81. The molecule has 2 saturated heterocycles. The van der Waals surface area contributed by atoms with E-state index in [1.807, 2.05) is 18.2 Å². The Morgan fingerprint density at radius 2 is 2.11 bits per heavy atom. The van der Waals surface area contributed by atoms with Gasteiger partial charge in [-0.3, -0.25) is 9.69 Å². The Morgan fingerprint density at radius 1 is 1.26 bits per heavy atom. The first-order chi connectivity index (χ1) is 9.15. The Labute approximate surface area is 130 Å². The lowest BCUT2D eigenvalue weighted by atomic mass is 10.1. The summed E-state index contributed by atoms with van der Waals surface area (Å²) in [6.07, 6.45) is 3.55. The molecule has 3 rings (SSSR count). The lowest BCUT2D eigenvalue weighted by Crippen LogP contribution is -2.42. The third kappa shape index (κ3) is 2.73. The van der Waals surface area contributed by atoms with Crippen molar-refractivity contribution in [1.29, 1.82) is 0 Å². The largest absolute Gasteiger partial charge is 0.348 e. The molecule has 0 radical (unpaired) electrons. The molecule has 2 aliphatic heterocycles. The first-order valence-electron chi connectivity index (χ1n) is 6.65. The Bertz CT molecular complexity index is 506. The van der Waals surface area contributed by atoms with E-state index >= 15 is 0 Å². The monoisotopic (exact) mass is 386 g/mol. The molecule has 19 heavy (non-hydrogen) atoms. The minimum absolute atomic E-state index is 0.0260. The highest BCUT2D eigenvalue weighted by Gasteiger charge is 2.37. The highest BCUT2D eigenvalue weighted by atomic mass is 79.9. The minimum Gasteiger partial charge on any atom is -0.348 e. The molecule has 1 amide bonds. The standard InChI is InChI=1S/C14H16Br2N2O/c15-9-3-4-10(11(16)8-9)14(19)17-12-5-7-18-6-1-2-13(12)18/h3-4,8,12-13H,1-2,5-7H2,(H,17,19). The van der Waals surface area contributed by atoms with E-state index in [9.17, 15) is 4.79 Å². The molecule has 0 saturated carbocycles. The fourth-order valence-electron chi connectivity index (χ4n) is 3.17. The van der Waals surface area contributed by atoms with Gasteiger partial charge in [-0.15, -0.1) is 0 Å². The second-order valence-corrected chi connectivity index (χ2v) is 7.01. The SMILES string of the molecule is O=C(NC1CCN2CCCC12)c1ccc(Br)cc1Br. The Morgan fingerprint density at radius 3 is 2.89 bits per heavy atom. The van der Waals surface area contributed by atoms with E-state index in [1.54, 1.807) is 0 Å². The summed E-state index contributed by atoms with van der Waals surface area (Å²) in [6, 6.07) is 6.52. The maximum Gasteiger partial charge on any atom is 0.252 e. The van der Waals surface area contributed by atoms with Crippen LogP contribution in [-0.4, -0.2) is 36.0 Å². The van der Waals surface area contributed by atoms with E-state index in [2.05, 4.69) is 42.1 Å². The van der Waals surface area contributed by atoms with Gasteiger partial charge in [0.25, 0.3) is 5.91 Å². The average Bonchev–Trinajstić information content (AvgIpc) is 2.94. The van der Waals surface area contributed by atoms with Gasteiger partial charge in [0, 0.05) is 27.6 Å². The summed E-state index contributed by atoms with van der Waals surface area (Å²) in [5, 5.41) is 3.20. The summed E-state index contributed by atoms with van der Waals surface area (Å²) in [6.45, 7) is 2.32. The van der Waals surface area contributed by atoms with Crippen LogP contribution in [0.1, 0.15) is 29.6 Å². The first-order valence-corrected chi connectivity index (χ1v) is 8.24. The summed E-state index contributed by atoms with van der Waals surface area (Å²) >= 11 is 6.85. The van der Waals surface area contributed by atoms with E-state index in [0.717, 1.165) is 21.9 Å². The van der Waals surface area contributed by atoms with Crippen molar-refractivity contribution in [2.75, 3.05) is 13.1 Å². The van der Waals surface area contributed by atoms with Crippen LogP contribution in [0.2, 0.25) is 0 Å². The predicted octanol–water partition coefficient (Wildman–Crippen LogP) is 3.18. The molecule has 0 bridgehead atoms. The van der Waals surface area contributed by atoms with Gasteiger partial charge in [-0.1, -0.05) is 15.9 Å². The number of hydrogen-bond acceptors (Lipinski definition) is 2. The molecule has 2 fully saturated rings. The van der Waals surface area contributed by atoms with Crippen molar-refractivity contribution in [3.63, 3.8) is 0 Å². The Balaban J connectivity index is 1.71. The average molecular weight is 388 g/mol. The van der Waals surface area contributed by atoms with E-state index in [1.165, 1.54) is 19.4 Å². The maximum absolute atomic E-state index is 12.3. The number of carbonyl (C=O) groups is 1. The number of hydrogen-bond donors (Lipinski definition) is 1. The molecule has 1 aromatic rings. The molecule has 102 valence electrons. The molecule has 0 aliphatic carbocycles. The third-order valence-electron chi connectivity index (χ3n) is 4.10. The molecule has 0 spiro atoms. The molecular weight excluding hydrogens is 372 g/mol. The topological polar surface area (TPSA) is 32.3 Å². The molecule has 5 heteroatoms. The second kappa shape index (κ2) is 5.54. The minimum atomic E-state index is 0.0260. The molecule has 2 atom stereocenters. The Hall–Kier alpha value is -0.390. The molecule has 1 aromatic carbocycles. The van der Waals surface area contributed by atoms with Gasteiger partial charge in [-0.25, -0.2) is 0 Å². The van der Waals surface area contributed by atoms with Crippen molar-refractivity contribution >= 4 is 37.8 Å². The number of fused-ring (bicyclic) bond motifs is 1. The van der Waals surface area contributed by atoms with Crippen LogP contribution >= 0.6 is 31.9 Å². The molecule has 1 N–H and O–H groups in total. The smallest absolute Gasteiger partial charge is 0.252 e. The van der Waals surface area contributed by atoms with Gasteiger partial charge < -0.3 is 5.32 Å².